The number of hydrogen-bond donors (Lipinski definition) is 2. The maximum atomic E-state index is 13.2. The van der Waals surface area contributed by atoms with Crippen molar-refractivity contribution in [3.63, 3.8) is 0 Å². The van der Waals surface area contributed by atoms with Crippen molar-refractivity contribution >= 4 is 35.0 Å². The Balaban J connectivity index is 1.50. The number of anilines is 2. The molecule has 0 aliphatic carbocycles. The zero-order chi connectivity index (χ0) is 26.4. The normalized spacial score (nSPS) is 12.0. The van der Waals surface area contributed by atoms with Crippen molar-refractivity contribution in [2.24, 2.45) is 0 Å². The van der Waals surface area contributed by atoms with Gasteiger partial charge in [0.15, 0.2) is 0 Å². The lowest BCUT2D eigenvalue weighted by Gasteiger charge is -2.18. The third-order valence-electron chi connectivity index (χ3n) is 5.55. The van der Waals surface area contributed by atoms with E-state index in [0.717, 1.165) is 22.6 Å². The Morgan fingerprint density at radius 1 is 0.757 bits per heavy atom. The highest BCUT2D eigenvalue weighted by molar-refractivity contribution is 8.00. The molecule has 0 aliphatic rings. The Labute approximate surface area is 216 Å². The molecule has 0 radical (unpaired) electrons. The van der Waals surface area contributed by atoms with E-state index in [1.165, 1.54) is 23.9 Å². The van der Waals surface area contributed by atoms with Crippen LogP contribution in [0.25, 0.3) is 0 Å². The molecule has 0 spiro atoms. The van der Waals surface area contributed by atoms with E-state index in [1.54, 1.807) is 60.7 Å². The smallest absolute Gasteiger partial charge is 0.325 e. The lowest BCUT2D eigenvalue weighted by molar-refractivity contribution is -0.137. The van der Waals surface area contributed by atoms with Gasteiger partial charge in [0.1, 0.15) is 5.25 Å². The molecule has 37 heavy (non-hydrogen) atoms. The van der Waals surface area contributed by atoms with E-state index >= 15 is 0 Å². The van der Waals surface area contributed by atoms with Crippen LogP contribution in [-0.4, -0.2) is 11.8 Å². The van der Waals surface area contributed by atoms with E-state index in [0.29, 0.717) is 16.8 Å². The van der Waals surface area contributed by atoms with Crippen molar-refractivity contribution in [1.29, 1.82) is 0 Å². The van der Waals surface area contributed by atoms with Crippen LogP contribution in [-0.2, 0) is 11.0 Å². The largest absolute Gasteiger partial charge is 0.416 e. The number of hydrogen-bond acceptors (Lipinski definition) is 3. The molecule has 4 aromatic rings. The molecule has 4 rings (SSSR count). The molecule has 8 heteroatoms. The van der Waals surface area contributed by atoms with Gasteiger partial charge in [-0.15, -0.1) is 11.8 Å². The first-order chi connectivity index (χ1) is 17.7. The van der Waals surface area contributed by atoms with Gasteiger partial charge in [0.05, 0.1) is 5.56 Å². The molecule has 2 N–H and O–H groups in total. The Morgan fingerprint density at radius 3 is 2.11 bits per heavy atom. The molecule has 4 nitrogen and oxygen atoms in total. The zero-order valence-corrected chi connectivity index (χ0v) is 20.6. The summed E-state index contributed by atoms with van der Waals surface area (Å²) < 4.78 is 39.3. The number of benzene rings is 4. The minimum atomic E-state index is -4.51. The van der Waals surface area contributed by atoms with Gasteiger partial charge >= 0.3 is 6.18 Å². The molecule has 0 aromatic heterocycles. The summed E-state index contributed by atoms with van der Waals surface area (Å²) in [5.74, 6) is -0.673. The molecule has 4 aromatic carbocycles. The first-order valence-corrected chi connectivity index (χ1v) is 12.3. The Morgan fingerprint density at radius 2 is 1.43 bits per heavy atom. The summed E-state index contributed by atoms with van der Waals surface area (Å²) in [6, 6.07) is 27.9. The van der Waals surface area contributed by atoms with Crippen LogP contribution in [0.15, 0.2) is 108 Å². The van der Waals surface area contributed by atoms with E-state index in [-0.39, 0.29) is 11.6 Å². The van der Waals surface area contributed by atoms with Gasteiger partial charge in [-0.25, -0.2) is 0 Å². The van der Waals surface area contributed by atoms with Gasteiger partial charge in [-0.2, -0.15) is 13.2 Å². The SMILES string of the molecule is Cc1ccccc1C(=O)Nc1ccc(SC(C(=O)Nc2cccc(C(F)(F)F)c2)c2ccccc2)cc1. The molecule has 0 bridgehead atoms. The van der Waals surface area contributed by atoms with Crippen molar-refractivity contribution in [3.05, 3.63) is 125 Å². The molecular formula is C29H23F3N2O2S. The Bertz CT molecular complexity index is 1390. The van der Waals surface area contributed by atoms with Crippen molar-refractivity contribution in [2.45, 2.75) is 23.2 Å². The monoisotopic (exact) mass is 520 g/mol. The number of halogens is 3. The van der Waals surface area contributed by atoms with Gasteiger partial charge in [-0.1, -0.05) is 54.6 Å². The quantitative estimate of drug-likeness (QED) is 0.245. The number of rotatable bonds is 7. The fourth-order valence-corrected chi connectivity index (χ4v) is 4.69. The van der Waals surface area contributed by atoms with Gasteiger partial charge in [0.2, 0.25) is 5.91 Å². The van der Waals surface area contributed by atoms with Crippen LogP contribution in [0.2, 0.25) is 0 Å². The van der Waals surface area contributed by atoms with Crippen molar-refractivity contribution in [3.8, 4) is 0 Å². The second-order valence-electron chi connectivity index (χ2n) is 8.27. The van der Waals surface area contributed by atoms with Gasteiger partial charge in [0.25, 0.3) is 5.91 Å². The lowest BCUT2D eigenvalue weighted by atomic mass is 10.1. The highest BCUT2D eigenvalue weighted by Gasteiger charge is 2.31. The summed E-state index contributed by atoms with van der Waals surface area (Å²) in [5, 5.41) is 4.76. The van der Waals surface area contributed by atoms with Crippen LogP contribution in [0.4, 0.5) is 24.5 Å². The fourth-order valence-electron chi connectivity index (χ4n) is 3.66. The Kier molecular flexibility index (Phi) is 7.98. The third-order valence-corrected chi connectivity index (χ3v) is 6.82. The number of amides is 2. The maximum Gasteiger partial charge on any atom is 0.416 e. The van der Waals surface area contributed by atoms with E-state index in [4.69, 9.17) is 0 Å². The van der Waals surface area contributed by atoms with Gasteiger partial charge in [0, 0.05) is 21.8 Å². The summed E-state index contributed by atoms with van der Waals surface area (Å²) in [5.41, 5.74) is 1.98. The molecule has 2 amide bonds. The molecule has 0 fully saturated rings. The van der Waals surface area contributed by atoms with Crippen LogP contribution in [0, 0.1) is 6.92 Å². The summed E-state index contributed by atoms with van der Waals surface area (Å²) in [6.45, 7) is 1.86. The summed E-state index contributed by atoms with van der Waals surface area (Å²) in [7, 11) is 0. The van der Waals surface area contributed by atoms with Crippen LogP contribution in [0.3, 0.4) is 0 Å². The number of nitrogens with one attached hydrogen (secondary N) is 2. The third kappa shape index (κ3) is 6.80. The standard InChI is InChI=1S/C29H23F3N2O2S/c1-19-8-5-6-13-25(19)27(35)33-22-14-16-24(17-15-22)37-26(20-9-3-2-4-10-20)28(36)34-23-12-7-11-21(18-23)29(30,31)32/h2-18,26H,1H3,(H,33,35)(H,34,36). The zero-order valence-electron chi connectivity index (χ0n) is 19.8. The predicted octanol–water partition coefficient (Wildman–Crippen LogP) is 7.74. The van der Waals surface area contributed by atoms with Crippen LogP contribution >= 0.6 is 11.8 Å². The number of carbonyl (C=O) groups excluding carboxylic acids is 2. The number of aryl methyl sites for hydroxylation is 1. The van der Waals surface area contributed by atoms with Crippen molar-refractivity contribution in [1.82, 2.24) is 0 Å². The lowest BCUT2D eigenvalue weighted by Crippen LogP contribution is -2.19. The van der Waals surface area contributed by atoms with E-state index < -0.39 is 22.9 Å². The summed E-state index contributed by atoms with van der Waals surface area (Å²) in [4.78, 5) is 26.6. The second-order valence-corrected chi connectivity index (χ2v) is 9.45. The number of thioether (sulfide) groups is 1. The average Bonchev–Trinajstić information content (AvgIpc) is 2.88. The van der Waals surface area contributed by atoms with E-state index in [2.05, 4.69) is 10.6 Å². The molecule has 0 saturated carbocycles. The number of alkyl halides is 3. The Hall–Kier alpha value is -4.04. The van der Waals surface area contributed by atoms with Crippen LogP contribution < -0.4 is 10.6 Å². The fraction of sp³-hybridized carbons (Fsp3) is 0.103. The van der Waals surface area contributed by atoms with Gasteiger partial charge < -0.3 is 10.6 Å². The highest BCUT2D eigenvalue weighted by Crippen LogP contribution is 2.37. The average molecular weight is 521 g/mol. The summed E-state index contributed by atoms with van der Waals surface area (Å²) in [6.07, 6.45) is -4.51. The molecule has 0 aliphatic heterocycles. The highest BCUT2D eigenvalue weighted by atomic mass is 32.2. The van der Waals surface area contributed by atoms with Crippen molar-refractivity contribution in [2.75, 3.05) is 10.6 Å². The van der Waals surface area contributed by atoms with Gasteiger partial charge in [-0.3, -0.25) is 9.59 Å². The molecular weight excluding hydrogens is 497 g/mol. The minimum absolute atomic E-state index is 0.0654. The van der Waals surface area contributed by atoms with E-state index in [9.17, 15) is 22.8 Å². The minimum Gasteiger partial charge on any atom is -0.325 e. The first kappa shape index (κ1) is 26.0. The molecule has 1 unspecified atom stereocenters. The first-order valence-electron chi connectivity index (χ1n) is 11.4. The second kappa shape index (κ2) is 11.3. The maximum absolute atomic E-state index is 13.2. The van der Waals surface area contributed by atoms with Crippen molar-refractivity contribution < 1.29 is 22.8 Å². The predicted molar refractivity (Wildman–Crippen MR) is 141 cm³/mol. The van der Waals surface area contributed by atoms with Gasteiger partial charge in [-0.05, 0) is 66.6 Å². The summed E-state index contributed by atoms with van der Waals surface area (Å²) >= 11 is 1.26. The topological polar surface area (TPSA) is 58.2 Å². The molecule has 0 saturated heterocycles. The van der Waals surface area contributed by atoms with Crippen LogP contribution in [0.1, 0.15) is 32.3 Å². The van der Waals surface area contributed by atoms with Crippen LogP contribution in [0.5, 0.6) is 0 Å². The molecule has 188 valence electrons. The molecule has 1 atom stereocenters. The van der Waals surface area contributed by atoms with E-state index in [1.807, 2.05) is 25.1 Å². The molecule has 0 heterocycles. The number of carbonyl (C=O) groups is 2.